The number of anilines is 1. The predicted octanol–water partition coefficient (Wildman–Crippen LogP) is 3.52. The molecule has 3 aromatic heterocycles. The SMILES string of the molecule is CCCc1cc2c(N3CCn4c(nnc4C(F)(F)F)C3)nc(OCC3CCN(C(C)=O)C3)nc2s1. The Morgan fingerprint density at radius 3 is 2.77 bits per heavy atom. The van der Waals surface area contributed by atoms with Crippen LogP contribution in [-0.4, -0.2) is 61.8 Å². The van der Waals surface area contributed by atoms with Gasteiger partial charge >= 0.3 is 12.2 Å². The number of halogens is 3. The molecule has 0 bridgehead atoms. The average molecular weight is 510 g/mol. The third kappa shape index (κ3) is 4.78. The first-order chi connectivity index (χ1) is 16.7. The number of hydrogen-bond donors (Lipinski definition) is 0. The lowest BCUT2D eigenvalue weighted by Gasteiger charge is -2.29. The first-order valence-corrected chi connectivity index (χ1v) is 12.5. The van der Waals surface area contributed by atoms with E-state index < -0.39 is 12.0 Å². The second-order valence-electron chi connectivity index (χ2n) is 8.95. The van der Waals surface area contributed by atoms with Crippen molar-refractivity contribution in [3.05, 3.63) is 22.6 Å². The smallest absolute Gasteiger partial charge is 0.451 e. The van der Waals surface area contributed by atoms with Gasteiger partial charge in [0.15, 0.2) is 5.82 Å². The predicted molar refractivity (Wildman–Crippen MR) is 123 cm³/mol. The molecule has 0 N–H and O–H groups in total. The molecule has 2 aliphatic heterocycles. The van der Waals surface area contributed by atoms with Crippen molar-refractivity contribution in [2.75, 3.05) is 31.1 Å². The molecule has 9 nitrogen and oxygen atoms in total. The number of aromatic nitrogens is 5. The first-order valence-electron chi connectivity index (χ1n) is 11.7. The van der Waals surface area contributed by atoms with Gasteiger partial charge in [-0.3, -0.25) is 4.79 Å². The quantitative estimate of drug-likeness (QED) is 0.502. The summed E-state index contributed by atoms with van der Waals surface area (Å²) in [5.41, 5.74) is 0. The van der Waals surface area contributed by atoms with Crippen LogP contribution in [0, 0.1) is 5.92 Å². The molecule has 35 heavy (non-hydrogen) atoms. The zero-order chi connectivity index (χ0) is 24.7. The summed E-state index contributed by atoms with van der Waals surface area (Å²) in [6.07, 6.45) is -1.79. The van der Waals surface area contributed by atoms with Gasteiger partial charge in [0.25, 0.3) is 0 Å². The number of aryl methyl sites for hydroxylation is 1. The second kappa shape index (κ2) is 9.25. The summed E-state index contributed by atoms with van der Waals surface area (Å²) in [4.78, 5) is 26.6. The van der Waals surface area contributed by atoms with Crippen molar-refractivity contribution >= 4 is 33.3 Å². The van der Waals surface area contributed by atoms with Gasteiger partial charge in [0.05, 0.1) is 18.5 Å². The molecule has 1 unspecified atom stereocenters. The highest BCUT2D eigenvalue weighted by atomic mass is 32.1. The molecule has 5 heterocycles. The van der Waals surface area contributed by atoms with E-state index in [1.807, 2.05) is 4.90 Å². The molecule has 1 fully saturated rings. The summed E-state index contributed by atoms with van der Waals surface area (Å²) in [6, 6.07) is 2.30. The lowest BCUT2D eigenvalue weighted by Crippen LogP contribution is -2.36. The van der Waals surface area contributed by atoms with E-state index in [0.29, 0.717) is 32.1 Å². The van der Waals surface area contributed by atoms with Crippen LogP contribution >= 0.6 is 11.3 Å². The maximum absolute atomic E-state index is 13.3. The fourth-order valence-electron chi connectivity index (χ4n) is 4.61. The molecule has 0 radical (unpaired) electrons. The topological polar surface area (TPSA) is 89.3 Å². The standard InChI is InChI=1S/C22H26F3N7O2S/c1-3-4-15-9-16-18(31-7-8-32-17(11-31)28-29-20(32)22(23,24)25)26-21(27-19(16)35-15)34-12-14-5-6-30(10-14)13(2)33/h9,14H,3-8,10-12H2,1-2H3. The normalized spacial score (nSPS) is 18.4. The van der Waals surface area contributed by atoms with Crippen LogP contribution in [0.3, 0.4) is 0 Å². The number of fused-ring (bicyclic) bond motifs is 2. The molecule has 0 aromatic carbocycles. The third-order valence-electron chi connectivity index (χ3n) is 6.39. The van der Waals surface area contributed by atoms with E-state index in [4.69, 9.17) is 4.74 Å². The molecule has 0 aliphatic carbocycles. The zero-order valence-electron chi connectivity index (χ0n) is 19.5. The third-order valence-corrected chi connectivity index (χ3v) is 7.47. The van der Waals surface area contributed by atoms with Gasteiger partial charge in [-0.2, -0.15) is 23.1 Å². The van der Waals surface area contributed by atoms with Crippen LogP contribution in [0.1, 0.15) is 43.2 Å². The van der Waals surface area contributed by atoms with E-state index in [1.54, 1.807) is 23.2 Å². The van der Waals surface area contributed by atoms with Crippen molar-refractivity contribution in [1.82, 2.24) is 29.6 Å². The number of nitrogens with zero attached hydrogens (tertiary/aromatic N) is 7. The maximum Gasteiger partial charge on any atom is 0.451 e. The number of amides is 1. The number of likely N-dealkylation sites (tertiary alicyclic amines) is 1. The summed E-state index contributed by atoms with van der Waals surface area (Å²) in [5, 5.41) is 8.03. The minimum absolute atomic E-state index is 0.0566. The second-order valence-corrected chi connectivity index (χ2v) is 10.1. The molecule has 3 aromatic rings. The molecule has 0 spiro atoms. The highest BCUT2D eigenvalue weighted by Crippen LogP contribution is 2.36. The minimum Gasteiger partial charge on any atom is -0.463 e. The Bertz CT molecular complexity index is 1240. The first kappa shape index (κ1) is 23.8. The van der Waals surface area contributed by atoms with E-state index in [9.17, 15) is 18.0 Å². The molecule has 13 heteroatoms. The van der Waals surface area contributed by atoms with Crippen LogP contribution in [-0.2, 0) is 30.5 Å². The van der Waals surface area contributed by atoms with Crippen LogP contribution in [0.2, 0.25) is 0 Å². The fourth-order valence-corrected chi connectivity index (χ4v) is 5.72. The van der Waals surface area contributed by atoms with Crippen molar-refractivity contribution in [2.45, 2.75) is 52.4 Å². The number of hydrogen-bond acceptors (Lipinski definition) is 8. The molecule has 1 amide bonds. The van der Waals surface area contributed by atoms with Gasteiger partial charge in [0.1, 0.15) is 10.6 Å². The number of carbonyl (C=O) groups is 1. The Morgan fingerprint density at radius 2 is 2.06 bits per heavy atom. The summed E-state index contributed by atoms with van der Waals surface area (Å²) in [5.74, 6) is 0.164. The molecule has 5 rings (SSSR count). The molecular weight excluding hydrogens is 483 g/mol. The maximum atomic E-state index is 13.3. The van der Waals surface area contributed by atoms with Gasteiger partial charge in [-0.05, 0) is 18.9 Å². The molecule has 1 saturated heterocycles. The van der Waals surface area contributed by atoms with Gasteiger partial charge in [-0.1, -0.05) is 13.3 Å². The molecule has 0 saturated carbocycles. The van der Waals surface area contributed by atoms with Crippen molar-refractivity contribution in [2.24, 2.45) is 5.92 Å². The van der Waals surface area contributed by atoms with Crippen molar-refractivity contribution in [1.29, 1.82) is 0 Å². The van der Waals surface area contributed by atoms with Gasteiger partial charge < -0.3 is 19.1 Å². The van der Waals surface area contributed by atoms with Gasteiger partial charge in [0.2, 0.25) is 11.7 Å². The van der Waals surface area contributed by atoms with Gasteiger partial charge in [-0.15, -0.1) is 21.5 Å². The lowest BCUT2D eigenvalue weighted by molar-refractivity contribution is -0.147. The van der Waals surface area contributed by atoms with Crippen LogP contribution in [0.5, 0.6) is 6.01 Å². The van der Waals surface area contributed by atoms with Crippen LogP contribution in [0.15, 0.2) is 6.07 Å². The van der Waals surface area contributed by atoms with E-state index >= 15 is 0 Å². The summed E-state index contributed by atoms with van der Waals surface area (Å²) in [6.45, 7) is 6.01. The largest absolute Gasteiger partial charge is 0.463 e. The number of ether oxygens (including phenoxy) is 1. The number of alkyl halides is 3. The van der Waals surface area contributed by atoms with E-state index in [1.165, 1.54) is 4.88 Å². The van der Waals surface area contributed by atoms with Crippen molar-refractivity contribution in [3.8, 4) is 6.01 Å². The minimum atomic E-state index is -4.54. The van der Waals surface area contributed by atoms with E-state index in [2.05, 4.69) is 33.2 Å². The fraction of sp³-hybridized carbons (Fsp3) is 0.591. The van der Waals surface area contributed by atoms with Gasteiger partial charge in [-0.25, -0.2) is 0 Å². The molecular formula is C22H26F3N7O2S. The van der Waals surface area contributed by atoms with Crippen LogP contribution in [0.25, 0.3) is 10.2 Å². The highest BCUT2D eigenvalue weighted by Gasteiger charge is 2.40. The monoisotopic (exact) mass is 509 g/mol. The number of carbonyl (C=O) groups excluding carboxylic acids is 1. The van der Waals surface area contributed by atoms with Gasteiger partial charge in [0, 0.05) is 43.9 Å². The summed E-state index contributed by atoms with van der Waals surface area (Å²) >= 11 is 1.58. The summed E-state index contributed by atoms with van der Waals surface area (Å²) < 4.78 is 46.9. The van der Waals surface area contributed by atoms with Crippen LogP contribution in [0.4, 0.5) is 19.0 Å². The molecule has 2 aliphatic rings. The highest BCUT2D eigenvalue weighted by molar-refractivity contribution is 7.18. The Morgan fingerprint density at radius 1 is 1.23 bits per heavy atom. The van der Waals surface area contributed by atoms with Crippen molar-refractivity contribution < 1.29 is 22.7 Å². The zero-order valence-corrected chi connectivity index (χ0v) is 20.3. The van der Waals surface area contributed by atoms with E-state index in [0.717, 1.165) is 34.0 Å². The van der Waals surface area contributed by atoms with Crippen LogP contribution < -0.4 is 9.64 Å². The Balaban J connectivity index is 1.41. The lowest BCUT2D eigenvalue weighted by atomic mass is 10.1. The summed E-state index contributed by atoms with van der Waals surface area (Å²) in [7, 11) is 0. The van der Waals surface area contributed by atoms with Crippen molar-refractivity contribution in [3.63, 3.8) is 0 Å². The Labute approximate surface area is 203 Å². The molecule has 1 atom stereocenters. The molecule has 188 valence electrons. The average Bonchev–Trinajstić information content (AvgIpc) is 3.54. The van der Waals surface area contributed by atoms with E-state index in [-0.39, 0.29) is 36.7 Å². The Hall–Kier alpha value is -2.96. The number of thiophene rings is 1. The Kier molecular flexibility index (Phi) is 6.28. The number of rotatable bonds is 6.